The summed E-state index contributed by atoms with van der Waals surface area (Å²) in [6.45, 7) is 4.36. The number of nitrogens with one attached hydrogen (secondary N) is 2. The van der Waals surface area contributed by atoms with Crippen LogP contribution in [0.3, 0.4) is 0 Å². The van der Waals surface area contributed by atoms with Crippen molar-refractivity contribution >= 4 is 11.6 Å². The summed E-state index contributed by atoms with van der Waals surface area (Å²) in [7, 11) is 1.90. The molecule has 0 saturated heterocycles. The Morgan fingerprint density at radius 3 is 2.38 bits per heavy atom. The van der Waals surface area contributed by atoms with Gasteiger partial charge in [-0.25, -0.2) is 9.97 Å². The molecule has 0 saturated carbocycles. The van der Waals surface area contributed by atoms with Gasteiger partial charge in [0, 0.05) is 12.6 Å². The lowest BCUT2D eigenvalue weighted by Crippen LogP contribution is -2.14. The van der Waals surface area contributed by atoms with Gasteiger partial charge in [-0.15, -0.1) is 0 Å². The summed E-state index contributed by atoms with van der Waals surface area (Å²) in [4.78, 5) is 8.78. The van der Waals surface area contributed by atoms with Gasteiger partial charge < -0.3 is 10.6 Å². The van der Waals surface area contributed by atoms with Gasteiger partial charge >= 0.3 is 0 Å². The maximum absolute atomic E-state index is 4.46. The molecule has 1 atom stereocenters. The van der Waals surface area contributed by atoms with Crippen molar-refractivity contribution in [2.24, 2.45) is 0 Å². The van der Waals surface area contributed by atoms with Gasteiger partial charge in [0.15, 0.2) is 0 Å². The van der Waals surface area contributed by atoms with Crippen molar-refractivity contribution in [2.75, 3.05) is 17.7 Å². The van der Waals surface area contributed by atoms with Crippen LogP contribution in [0.2, 0.25) is 0 Å². The molecule has 1 aromatic carbocycles. The minimum Gasteiger partial charge on any atom is -0.373 e. The van der Waals surface area contributed by atoms with Gasteiger partial charge in [-0.3, -0.25) is 0 Å². The highest BCUT2D eigenvalue weighted by molar-refractivity contribution is 5.58. The highest BCUT2D eigenvalue weighted by atomic mass is 15.1. The van der Waals surface area contributed by atoms with E-state index in [0.29, 0.717) is 0 Å². The lowest BCUT2D eigenvalue weighted by molar-refractivity contribution is 0.739. The first-order valence-electron chi connectivity index (χ1n) is 7.63. The molecule has 21 heavy (non-hydrogen) atoms. The largest absolute Gasteiger partial charge is 0.373 e. The Labute approximate surface area is 127 Å². The summed E-state index contributed by atoms with van der Waals surface area (Å²) >= 11 is 0. The molecular weight excluding hydrogens is 260 g/mol. The van der Waals surface area contributed by atoms with E-state index in [1.54, 1.807) is 6.33 Å². The average molecular weight is 284 g/mol. The minimum absolute atomic E-state index is 0.265. The van der Waals surface area contributed by atoms with Crippen molar-refractivity contribution in [1.29, 1.82) is 0 Å². The Kier molecular flexibility index (Phi) is 5.55. The molecule has 0 aliphatic rings. The second-order valence-corrected chi connectivity index (χ2v) is 5.07. The van der Waals surface area contributed by atoms with E-state index in [4.69, 9.17) is 0 Å². The minimum atomic E-state index is 0.265. The maximum atomic E-state index is 4.46. The summed E-state index contributed by atoms with van der Waals surface area (Å²) in [6.07, 6.45) is 4.66. The number of aromatic nitrogens is 2. The number of anilines is 2. The van der Waals surface area contributed by atoms with Gasteiger partial charge in [0.25, 0.3) is 0 Å². The third-order valence-electron chi connectivity index (χ3n) is 3.60. The predicted octanol–water partition coefficient (Wildman–Crippen LogP) is 4.03. The van der Waals surface area contributed by atoms with Gasteiger partial charge in [0.2, 0.25) is 0 Å². The van der Waals surface area contributed by atoms with Crippen molar-refractivity contribution in [1.82, 2.24) is 9.97 Å². The van der Waals surface area contributed by atoms with Gasteiger partial charge in [0.1, 0.15) is 18.0 Å². The van der Waals surface area contributed by atoms with Gasteiger partial charge in [-0.05, 0) is 18.4 Å². The number of hydrogen-bond donors (Lipinski definition) is 2. The molecule has 2 rings (SSSR count). The lowest BCUT2D eigenvalue weighted by Gasteiger charge is -2.21. The lowest BCUT2D eigenvalue weighted by atomic mass is 10.0. The fourth-order valence-corrected chi connectivity index (χ4v) is 2.51. The Hall–Kier alpha value is -2.10. The number of hydrogen-bond acceptors (Lipinski definition) is 4. The normalized spacial score (nSPS) is 12.0. The first-order valence-corrected chi connectivity index (χ1v) is 7.63. The number of rotatable bonds is 7. The fourth-order valence-electron chi connectivity index (χ4n) is 2.51. The van der Waals surface area contributed by atoms with Crippen LogP contribution in [0, 0.1) is 0 Å². The third-order valence-corrected chi connectivity index (χ3v) is 3.60. The van der Waals surface area contributed by atoms with Crippen LogP contribution in [-0.4, -0.2) is 17.0 Å². The smallest absolute Gasteiger partial charge is 0.135 e. The molecule has 112 valence electrons. The van der Waals surface area contributed by atoms with E-state index in [2.05, 4.69) is 58.7 Å². The SMILES string of the molecule is CCCc1c(NC)ncnc1NC(CC)c1ccccc1. The van der Waals surface area contributed by atoms with Crippen LogP contribution in [0.4, 0.5) is 11.6 Å². The second kappa shape index (κ2) is 7.62. The van der Waals surface area contributed by atoms with Crippen molar-refractivity contribution in [2.45, 2.75) is 39.2 Å². The van der Waals surface area contributed by atoms with Crippen LogP contribution >= 0.6 is 0 Å². The van der Waals surface area contributed by atoms with Crippen molar-refractivity contribution in [3.05, 3.63) is 47.8 Å². The summed E-state index contributed by atoms with van der Waals surface area (Å²) in [6, 6.07) is 10.8. The Morgan fingerprint density at radius 1 is 1.05 bits per heavy atom. The van der Waals surface area contributed by atoms with Crippen LogP contribution < -0.4 is 10.6 Å². The number of benzene rings is 1. The zero-order valence-corrected chi connectivity index (χ0v) is 13.1. The van der Waals surface area contributed by atoms with Gasteiger partial charge in [-0.1, -0.05) is 50.6 Å². The van der Waals surface area contributed by atoms with Crippen molar-refractivity contribution in [3.8, 4) is 0 Å². The van der Waals surface area contributed by atoms with Crippen LogP contribution in [0.5, 0.6) is 0 Å². The Bertz CT molecular complexity index is 554. The first-order chi connectivity index (χ1) is 10.3. The predicted molar refractivity (Wildman–Crippen MR) is 88.7 cm³/mol. The summed E-state index contributed by atoms with van der Waals surface area (Å²) in [5.41, 5.74) is 2.45. The number of nitrogens with zero attached hydrogens (tertiary/aromatic N) is 2. The van der Waals surface area contributed by atoms with Crippen LogP contribution in [0.1, 0.15) is 43.9 Å². The molecule has 4 nitrogen and oxygen atoms in total. The standard InChI is InChI=1S/C17H24N4/c1-4-9-14-16(18-3)19-12-20-17(14)21-15(5-2)13-10-7-6-8-11-13/h6-8,10-12,15H,4-5,9H2,1-3H3,(H2,18,19,20,21). The summed E-state index contributed by atoms with van der Waals surface area (Å²) < 4.78 is 0. The van der Waals surface area contributed by atoms with E-state index in [-0.39, 0.29) is 6.04 Å². The molecule has 0 aliphatic carbocycles. The molecule has 4 heteroatoms. The zero-order chi connectivity index (χ0) is 15.1. The topological polar surface area (TPSA) is 49.8 Å². The molecule has 0 fully saturated rings. The molecule has 2 N–H and O–H groups in total. The Morgan fingerprint density at radius 2 is 1.76 bits per heavy atom. The molecule has 1 aromatic heterocycles. The maximum Gasteiger partial charge on any atom is 0.135 e. The fraction of sp³-hybridized carbons (Fsp3) is 0.412. The Balaban J connectivity index is 2.29. The summed E-state index contributed by atoms with van der Waals surface area (Å²) in [5.74, 6) is 1.85. The summed E-state index contributed by atoms with van der Waals surface area (Å²) in [5, 5.41) is 6.74. The third kappa shape index (κ3) is 3.72. The highest BCUT2D eigenvalue weighted by Gasteiger charge is 2.14. The van der Waals surface area contributed by atoms with E-state index in [1.807, 2.05) is 13.1 Å². The van der Waals surface area contributed by atoms with Crippen LogP contribution in [0.25, 0.3) is 0 Å². The molecule has 0 spiro atoms. The zero-order valence-electron chi connectivity index (χ0n) is 13.1. The van der Waals surface area contributed by atoms with Gasteiger partial charge in [-0.2, -0.15) is 0 Å². The molecule has 0 radical (unpaired) electrons. The van der Waals surface area contributed by atoms with E-state index >= 15 is 0 Å². The van der Waals surface area contributed by atoms with E-state index in [1.165, 1.54) is 5.56 Å². The molecular formula is C17H24N4. The van der Waals surface area contributed by atoms with Crippen LogP contribution in [-0.2, 0) is 6.42 Å². The molecule has 0 amide bonds. The molecule has 0 bridgehead atoms. The van der Waals surface area contributed by atoms with Crippen LogP contribution in [0.15, 0.2) is 36.7 Å². The van der Waals surface area contributed by atoms with E-state index in [0.717, 1.165) is 36.5 Å². The van der Waals surface area contributed by atoms with Gasteiger partial charge in [0.05, 0.1) is 6.04 Å². The molecule has 1 heterocycles. The average Bonchev–Trinajstić information content (AvgIpc) is 2.54. The van der Waals surface area contributed by atoms with E-state index < -0.39 is 0 Å². The van der Waals surface area contributed by atoms with Crippen molar-refractivity contribution in [3.63, 3.8) is 0 Å². The van der Waals surface area contributed by atoms with Crippen molar-refractivity contribution < 1.29 is 0 Å². The molecule has 1 unspecified atom stereocenters. The molecule has 2 aromatic rings. The molecule has 0 aliphatic heterocycles. The highest BCUT2D eigenvalue weighted by Crippen LogP contribution is 2.27. The second-order valence-electron chi connectivity index (χ2n) is 5.07. The monoisotopic (exact) mass is 284 g/mol. The first kappa shape index (κ1) is 15.3. The quantitative estimate of drug-likeness (QED) is 0.806. The van der Waals surface area contributed by atoms with E-state index in [9.17, 15) is 0 Å².